The summed E-state index contributed by atoms with van der Waals surface area (Å²) in [4.78, 5) is 55.3. The van der Waals surface area contributed by atoms with Crippen molar-refractivity contribution in [3.63, 3.8) is 0 Å². The highest BCUT2D eigenvalue weighted by atomic mass is 79.9. The third-order valence-electron chi connectivity index (χ3n) is 6.75. The van der Waals surface area contributed by atoms with Crippen molar-refractivity contribution in [2.75, 3.05) is 14.2 Å². The molecule has 0 fully saturated rings. The zero-order chi connectivity index (χ0) is 24.4. The Balaban J connectivity index is 2.12. The molecule has 8 nitrogen and oxygen atoms in total. The summed E-state index contributed by atoms with van der Waals surface area (Å²) in [5.41, 5.74) is -0.0121. The van der Waals surface area contributed by atoms with Gasteiger partial charge < -0.3 is 24.3 Å². The summed E-state index contributed by atoms with van der Waals surface area (Å²) in [6, 6.07) is 1.74. The van der Waals surface area contributed by atoms with Crippen molar-refractivity contribution < 1.29 is 33.8 Å². The normalized spacial score (nSPS) is 26.0. The van der Waals surface area contributed by atoms with E-state index in [2.05, 4.69) is 15.9 Å². The van der Waals surface area contributed by atoms with Gasteiger partial charge in [-0.1, -0.05) is 6.07 Å². The molecule has 1 aliphatic carbocycles. The lowest BCUT2D eigenvalue weighted by Gasteiger charge is -2.51. The third-order valence-corrected chi connectivity index (χ3v) is 9.22. The first-order valence-corrected chi connectivity index (χ1v) is 11.8. The Hall–Kier alpha value is -2.59. The van der Waals surface area contributed by atoms with E-state index in [1.807, 2.05) is 6.92 Å². The Morgan fingerprint density at radius 1 is 1.24 bits per heavy atom. The number of halogens is 1. The number of allylic oxidation sites excluding steroid dienone is 2. The molecule has 0 spiro atoms. The highest BCUT2D eigenvalue weighted by Gasteiger charge is 2.65. The van der Waals surface area contributed by atoms with Crippen LogP contribution in [0.15, 0.2) is 32.4 Å². The summed E-state index contributed by atoms with van der Waals surface area (Å²) < 4.78 is 10.4. The number of ether oxygens (including phenoxy) is 2. The van der Waals surface area contributed by atoms with Gasteiger partial charge in [-0.3, -0.25) is 4.79 Å². The van der Waals surface area contributed by atoms with E-state index in [4.69, 9.17) is 9.47 Å². The van der Waals surface area contributed by atoms with Crippen LogP contribution in [-0.4, -0.2) is 53.6 Å². The number of fused-ring (bicyclic) bond motifs is 4. The van der Waals surface area contributed by atoms with E-state index >= 15 is 0 Å². The molecule has 0 bridgehead atoms. The van der Waals surface area contributed by atoms with E-state index in [0.29, 0.717) is 27.6 Å². The molecule has 2 unspecified atom stereocenters. The third kappa shape index (κ3) is 2.96. The monoisotopic (exact) mass is 535 g/mol. The summed E-state index contributed by atoms with van der Waals surface area (Å²) in [6.07, 6.45) is 0.638. The molecule has 33 heavy (non-hydrogen) atoms. The second-order valence-electron chi connectivity index (χ2n) is 8.25. The van der Waals surface area contributed by atoms with Gasteiger partial charge in [-0.05, 0) is 54.2 Å². The number of ketones is 1. The second kappa shape index (κ2) is 8.02. The quantitative estimate of drug-likeness (QED) is 0.354. The molecule has 0 radical (unpaired) electrons. The summed E-state index contributed by atoms with van der Waals surface area (Å²) in [6.45, 7) is 5.33. The van der Waals surface area contributed by atoms with Gasteiger partial charge in [0.1, 0.15) is 28.5 Å². The number of methoxy groups -OCH3 is 2. The number of hydrogen-bond donors (Lipinski definition) is 1. The van der Waals surface area contributed by atoms with Gasteiger partial charge in [-0.15, -0.1) is 11.8 Å². The first-order valence-electron chi connectivity index (χ1n) is 10.1. The van der Waals surface area contributed by atoms with Crippen molar-refractivity contribution in [2.24, 2.45) is 11.3 Å². The van der Waals surface area contributed by atoms with Crippen LogP contribution < -0.4 is 0 Å². The van der Waals surface area contributed by atoms with Crippen molar-refractivity contribution in [1.29, 1.82) is 0 Å². The molecule has 1 aromatic rings. The molecule has 3 aliphatic rings. The van der Waals surface area contributed by atoms with Crippen LogP contribution in [0.2, 0.25) is 0 Å². The van der Waals surface area contributed by atoms with E-state index < -0.39 is 34.4 Å². The molecular formula is C23H22BrNO7S. The number of carbonyl (C=O) groups is 4. The number of aldehydes is 1. The van der Waals surface area contributed by atoms with Crippen LogP contribution in [0.5, 0.6) is 5.75 Å². The standard InChI is InChI=1S/C23H22BrNO7S/c1-9-6-12-7-13-15(20(29)31-4)17(21(30)32-5)25-10(2)11(3)33-22(25)23(13,8-26)19(28)14(12)18(27)16(9)24/h6,8,13,22,27H,7H2,1-5H3/t13-,22?,23?/m1/s1. The molecule has 2 heterocycles. The number of hydrogen-bond acceptors (Lipinski definition) is 9. The van der Waals surface area contributed by atoms with Crippen LogP contribution in [0.4, 0.5) is 0 Å². The molecule has 2 aliphatic heterocycles. The molecule has 0 saturated heterocycles. The van der Waals surface area contributed by atoms with Gasteiger partial charge >= 0.3 is 11.9 Å². The van der Waals surface area contributed by atoms with E-state index in [1.165, 1.54) is 30.9 Å². The number of aromatic hydroxyl groups is 1. The van der Waals surface area contributed by atoms with Crippen LogP contribution in [0.25, 0.3) is 0 Å². The van der Waals surface area contributed by atoms with Crippen LogP contribution in [0.1, 0.15) is 35.3 Å². The van der Waals surface area contributed by atoms with E-state index in [9.17, 15) is 24.3 Å². The number of aryl methyl sites for hydroxylation is 1. The Morgan fingerprint density at radius 2 is 1.88 bits per heavy atom. The van der Waals surface area contributed by atoms with Crippen molar-refractivity contribution in [3.8, 4) is 5.75 Å². The van der Waals surface area contributed by atoms with Crippen molar-refractivity contribution in [2.45, 2.75) is 32.6 Å². The number of rotatable bonds is 3. The minimum Gasteiger partial charge on any atom is -0.506 e. The van der Waals surface area contributed by atoms with Crippen molar-refractivity contribution in [3.05, 3.63) is 49.1 Å². The van der Waals surface area contributed by atoms with Gasteiger partial charge in [0, 0.05) is 16.5 Å². The molecule has 0 saturated carbocycles. The summed E-state index contributed by atoms with van der Waals surface area (Å²) in [7, 11) is 2.38. The maximum absolute atomic E-state index is 14.1. The number of nitrogens with zero attached hydrogens (tertiary/aromatic N) is 1. The first-order chi connectivity index (χ1) is 15.6. The van der Waals surface area contributed by atoms with E-state index in [1.54, 1.807) is 19.9 Å². The number of Topliss-reactive ketones (excluding diaryl/α,β-unsaturated/α-hetero) is 1. The summed E-state index contributed by atoms with van der Waals surface area (Å²) in [5.74, 6) is -3.40. The Kier molecular flexibility index (Phi) is 5.73. The predicted octanol–water partition coefficient (Wildman–Crippen LogP) is 3.24. The molecule has 10 heteroatoms. The largest absolute Gasteiger partial charge is 0.506 e. The second-order valence-corrected chi connectivity index (χ2v) is 10.3. The fourth-order valence-electron chi connectivity index (χ4n) is 5.04. The lowest BCUT2D eigenvalue weighted by Crippen LogP contribution is -2.61. The average Bonchev–Trinajstić information content (AvgIpc) is 3.09. The molecule has 0 aromatic heterocycles. The Labute approximate surface area is 203 Å². The van der Waals surface area contributed by atoms with Gasteiger partial charge in [-0.2, -0.15) is 0 Å². The average molecular weight is 536 g/mol. The Morgan fingerprint density at radius 3 is 2.45 bits per heavy atom. The minimum atomic E-state index is -1.75. The maximum Gasteiger partial charge on any atom is 0.355 e. The highest BCUT2D eigenvalue weighted by molar-refractivity contribution is 9.10. The van der Waals surface area contributed by atoms with Gasteiger partial charge in [0.15, 0.2) is 5.78 Å². The molecule has 174 valence electrons. The van der Waals surface area contributed by atoms with E-state index in [-0.39, 0.29) is 29.0 Å². The molecule has 1 N–H and O–H groups in total. The zero-order valence-electron chi connectivity index (χ0n) is 18.6. The van der Waals surface area contributed by atoms with Crippen LogP contribution in [0, 0.1) is 18.3 Å². The van der Waals surface area contributed by atoms with Gasteiger partial charge in [0.2, 0.25) is 0 Å². The summed E-state index contributed by atoms with van der Waals surface area (Å²) >= 11 is 4.59. The van der Waals surface area contributed by atoms with Gasteiger partial charge in [0.25, 0.3) is 0 Å². The number of phenolic OH excluding ortho intramolecular Hbond substituents is 1. The number of thioether (sulfide) groups is 1. The topological polar surface area (TPSA) is 110 Å². The van der Waals surface area contributed by atoms with Crippen LogP contribution in [0.3, 0.4) is 0 Å². The number of esters is 2. The zero-order valence-corrected chi connectivity index (χ0v) is 21.0. The van der Waals surface area contributed by atoms with Crippen LogP contribution >= 0.6 is 27.7 Å². The fourth-order valence-corrected chi connectivity index (χ4v) is 6.85. The predicted molar refractivity (Wildman–Crippen MR) is 123 cm³/mol. The SMILES string of the molecule is COC(=O)C1=C(C(=O)OC)N2C(C)=C(C)SC2C2(C=O)C(=O)c3c(cc(C)c(Br)c3O)C[C@H]12. The van der Waals surface area contributed by atoms with Crippen molar-refractivity contribution >= 4 is 51.7 Å². The molecule has 1 aromatic carbocycles. The number of phenols is 1. The molecule has 0 amide bonds. The fraction of sp³-hybridized carbons (Fsp3) is 0.391. The van der Waals surface area contributed by atoms with Crippen molar-refractivity contribution in [1.82, 2.24) is 4.90 Å². The van der Waals surface area contributed by atoms with E-state index in [0.717, 1.165) is 4.91 Å². The number of benzene rings is 1. The van der Waals surface area contributed by atoms with Crippen LogP contribution in [-0.2, 0) is 30.3 Å². The molecular weight excluding hydrogens is 514 g/mol. The Bertz CT molecular complexity index is 1200. The smallest absolute Gasteiger partial charge is 0.355 e. The lowest BCUT2D eigenvalue weighted by atomic mass is 9.59. The summed E-state index contributed by atoms with van der Waals surface area (Å²) in [5, 5.41) is 10.0. The number of carbonyl (C=O) groups excluding carboxylic acids is 4. The van der Waals surface area contributed by atoms with Gasteiger partial charge in [0.05, 0.1) is 29.8 Å². The minimum absolute atomic E-state index is 0.0343. The first kappa shape index (κ1) is 23.6. The lowest BCUT2D eigenvalue weighted by molar-refractivity contribution is -0.143. The van der Waals surface area contributed by atoms with Gasteiger partial charge in [-0.25, -0.2) is 9.59 Å². The highest BCUT2D eigenvalue weighted by Crippen LogP contribution is 2.60. The molecule has 3 atom stereocenters. The molecule has 4 rings (SSSR count). The maximum atomic E-state index is 14.1.